The van der Waals surface area contributed by atoms with Gasteiger partial charge in [-0.05, 0) is 37.3 Å². The second kappa shape index (κ2) is 10.1. The van der Waals surface area contributed by atoms with Crippen LogP contribution in [0.25, 0.3) is 0 Å². The lowest BCUT2D eigenvalue weighted by Gasteiger charge is -2.14. The van der Waals surface area contributed by atoms with Gasteiger partial charge in [0.1, 0.15) is 16.6 Å². The molecule has 2 aromatic heterocycles. The summed E-state index contributed by atoms with van der Waals surface area (Å²) in [6.07, 6.45) is -0.840. The highest BCUT2D eigenvalue weighted by atomic mass is 35.5. The lowest BCUT2D eigenvalue weighted by molar-refractivity contribution is -0.138. The Bertz CT molecular complexity index is 1080. The Labute approximate surface area is 190 Å². The van der Waals surface area contributed by atoms with E-state index in [2.05, 4.69) is 10.6 Å². The third-order valence-corrected chi connectivity index (χ3v) is 6.40. The molecule has 0 unspecified atom stereocenters. The van der Waals surface area contributed by atoms with Crippen molar-refractivity contribution >= 4 is 39.8 Å². The summed E-state index contributed by atoms with van der Waals surface area (Å²) < 4.78 is 44.6. The van der Waals surface area contributed by atoms with E-state index in [4.69, 9.17) is 16.3 Å². The van der Waals surface area contributed by atoms with E-state index in [0.717, 1.165) is 29.7 Å². The van der Waals surface area contributed by atoms with Gasteiger partial charge in [0.15, 0.2) is 0 Å². The molecular formula is C20H21ClF3N3O4S. The number of pyridine rings is 1. The smallest absolute Gasteiger partial charge is 0.383 e. The van der Waals surface area contributed by atoms with Crippen LogP contribution in [0.1, 0.15) is 39.2 Å². The Morgan fingerprint density at radius 3 is 2.69 bits per heavy atom. The number of ether oxygens (including phenoxy) is 1. The minimum absolute atomic E-state index is 0.283. The number of aromatic nitrogens is 1. The fourth-order valence-electron chi connectivity index (χ4n) is 3.44. The van der Waals surface area contributed by atoms with Crippen LogP contribution in [-0.4, -0.2) is 36.6 Å². The molecule has 174 valence electrons. The van der Waals surface area contributed by atoms with Gasteiger partial charge in [0.2, 0.25) is 5.91 Å². The Hall–Kier alpha value is -2.37. The molecule has 0 aromatic carbocycles. The third-order valence-electron chi connectivity index (χ3n) is 4.93. The molecule has 1 aliphatic carbocycles. The zero-order valence-corrected chi connectivity index (χ0v) is 18.7. The number of hydrogen-bond acceptors (Lipinski definition) is 5. The maximum Gasteiger partial charge on any atom is 0.417 e. The van der Waals surface area contributed by atoms with Gasteiger partial charge < -0.3 is 19.9 Å². The van der Waals surface area contributed by atoms with Crippen molar-refractivity contribution in [2.75, 3.05) is 25.6 Å². The van der Waals surface area contributed by atoms with Crippen LogP contribution in [0.2, 0.25) is 5.02 Å². The molecule has 0 spiro atoms. The van der Waals surface area contributed by atoms with E-state index in [1.54, 1.807) is 0 Å². The van der Waals surface area contributed by atoms with Crippen molar-refractivity contribution in [2.45, 2.75) is 38.4 Å². The summed E-state index contributed by atoms with van der Waals surface area (Å²) >= 11 is 6.90. The molecule has 0 fully saturated rings. The van der Waals surface area contributed by atoms with Gasteiger partial charge in [0.25, 0.3) is 11.5 Å². The Morgan fingerprint density at radius 2 is 2.00 bits per heavy atom. The van der Waals surface area contributed by atoms with E-state index in [9.17, 15) is 27.6 Å². The fraction of sp³-hybridized carbons (Fsp3) is 0.450. The van der Waals surface area contributed by atoms with Crippen LogP contribution in [0.5, 0.6) is 0 Å². The van der Waals surface area contributed by atoms with Gasteiger partial charge in [-0.2, -0.15) is 13.2 Å². The number of thiophene rings is 1. The molecule has 2 heterocycles. The van der Waals surface area contributed by atoms with Crippen molar-refractivity contribution in [3.63, 3.8) is 0 Å². The monoisotopic (exact) mass is 491 g/mol. The minimum Gasteiger partial charge on any atom is -0.383 e. The zero-order chi connectivity index (χ0) is 23.5. The van der Waals surface area contributed by atoms with Crippen LogP contribution in [0.15, 0.2) is 17.1 Å². The highest BCUT2D eigenvalue weighted by Crippen LogP contribution is 2.38. The first-order chi connectivity index (χ1) is 15.1. The number of hydrogen-bond donors (Lipinski definition) is 2. The molecule has 12 heteroatoms. The summed E-state index contributed by atoms with van der Waals surface area (Å²) in [5.41, 5.74) is -0.841. The Morgan fingerprint density at radius 1 is 1.28 bits per heavy atom. The van der Waals surface area contributed by atoms with E-state index in [0.29, 0.717) is 40.4 Å². The maximum atomic E-state index is 13.0. The summed E-state index contributed by atoms with van der Waals surface area (Å²) in [5, 5.41) is 5.00. The van der Waals surface area contributed by atoms with Gasteiger partial charge in [0, 0.05) is 24.7 Å². The van der Waals surface area contributed by atoms with Crippen molar-refractivity contribution in [1.29, 1.82) is 0 Å². The van der Waals surface area contributed by atoms with Crippen molar-refractivity contribution in [3.05, 3.63) is 49.2 Å². The number of anilines is 1. The lowest BCUT2D eigenvalue weighted by atomic mass is 9.95. The standard InChI is InChI=1S/C20H21ClF3N3O4S/c1-31-7-6-25-17(29)16-12-4-2-3-5-14(12)32-18(16)26-15(28)10-27-9-11(20(22,23)24)8-13(21)19(27)30/h8-9H,2-7,10H2,1H3,(H,25,29)(H,26,28). The van der Waals surface area contributed by atoms with Gasteiger partial charge in [0.05, 0.1) is 17.7 Å². The first kappa shape index (κ1) is 24.3. The summed E-state index contributed by atoms with van der Waals surface area (Å²) in [6, 6.07) is 0.522. The second-order valence-electron chi connectivity index (χ2n) is 7.22. The Balaban J connectivity index is 1.85. The Kier molecular flexibility index (Phi) is 7.63. The number of fused-ring (bicyclic) bond motifs is 1. The number of amides is 2. The van der Waals surface area contributed by atoms with E-state index in [-0.39, 0.29) is 12.5 Å². The predicted molar refractivity (Wildman–Crippen MR) is 115 cm³/mol. The van der Waals surface area contributed by atoms with E-state index in [1.165, 1.54) is 18.4 Å². The molecule has 32 heavy (non-hydrogen) atoms. The number of carbonyl (C=O) groups excluding carboxylic acids is 2. The van der Waals surface area contributed by atoms with Crippen LogP contribution in [-0.2, 0) is 35.1 Å². The molecule has 2 amide bonds. The second-order valence-corrected chi connectivity index (χ2v) is 8.73. The highest BCUT2D eigenvalue weighted by Gasteiger charge is 2.32. The van der Waals surface area contributed by atoms with Crippen LogP contribution >= 0.6 is 22.9 Å². The first-order valence-electron chi connectivity index (χ1n) is 9.80. The molecule has 7 nitrogen and oxygen atoms in total. The molecule has 0 radical (unpaired) electrons. The SMILES string of the molecule is COCCNC(=O)c1c(NC(=O)Cn2cc(C(F)(F)F)cc(Cl)c2=O)sc2c1CCCC2. The molecule has 0 saturated carbocycles. The van der Waals surface area contributed by atoms with Gasteiger partial charge in [-0.15, -0.1) is 11.3 Å². The van der Waals surface area contributed by atoms with Crippen LogP contribution < -0.4 is 16.2 Å². The van der Waals surface area contributed by atoms with Gasteiger partial charge >= 0.3 is 6.18 Å². The fourth-order valence-corrected chi connectivity index (χ4v) is 4.97. The molecule has 3 rings (SSSR count). The molecule has 1 aliphatic rings. The number of carbonyl (C=O) groups is 2. The normalized spacial score (nSPS) is 13.5. The van der Waals surface area contributed by atoms with E-state index in [1.807, 2.05) is 0 Å². The van der Waals surface area contributed by atoms with Gasteiger partial charge in [-0.1, -0.05) is 11.6 Å². The van der Waals surface area contributed by atoms with Crippen molar-refractivity contribution < 1.29 is 27.5 Å². The number of rotatable bonds is 7. The van der Waals surface area contributed by atoms with Crippen LogP contribution in [0.4, 0.5) is 18.2 Å². The summed E-state index contributed by atoms with van der Waals surface area (Å²) in [6.45, 7) is -0.0831. The number of aryl methyl sites for hydroxylation is 1. The molecule has 0 aliphatic heterocycles. The van der Waals surface area contributed by atoms with Gasteiger partial charge in [-0.3, -0.25) is 14.4 Å². The van der Waals surface area contributed by atoms with E-state index < -0.39 is 34.8 Å². The summed E-state index contributed by atoms with van der Waals surface area (Å²) in [4.78, 5) is 38.5. The average Bonchev–Trinajstić information content (AvgIpc) is 3.08. The van der Waals surface area contributed by atoms with Gasteiger partial charge in [-0.25, -0.2) is 0 Å². The van der Waals surface area contributed by atoms with E-state index >= 15 is 0 Å². The van der Waals surface area contributed by atoms with Crippen molar-refractivity contribution in [3.8, 4) is 0 Å². The number of nitrogens with zero attached hydrogens (tertiary/aromatic N) is 1. The van der Waals surface area contributed by atoms with Crippen LogP contribution in [0.3, 0.4) is 0 Å². The first-order valence-corrected chi connectivity index (χ1v) is 11.0. The molecule has 0 bridgehead atoms. The quantitative estimate of drug-likeness (QED) is 0.580. The number of alkyl halides is 3. The van der Waals surface area contributed by atoms with Crippen LogP contribution in [0, 0.1) is 0 Å². The molecule has 2 N–H and O–H groups in total. The molecule has 0 saturated heterocycles. The molecule has 2 aromatic rings. The number of nitrogens with one attached hydrogen (secondary N) is 2. The molecular weight excluding hydrogens is 471 g/mol. The average molecular weight is 492 g/mol. The summed E-state index contributed by atoms with van der Waals surface area (Å²) in [5.74, 6) is -1.11. The number of methoxy groups -OCH3 is 1. The third kappa shape index (κ3) is 5.51. The summed E-state index contributed by atoms with van der Waals surface area (Å²) in [7, 11) is 1.51. The van der Waals surface area contributed by atoms with Crippen molar-refractivity contribution in [1.82, 2.24) is 9.88 Å². The minimum atomic E-state index is -4.73. The topological polar surface area (TPSA) is 89.4 Å². The van der Waals surface area contributed by atoms with Crippen molar-refractivity contribution in [2.24, 2.45) is 0 Å². The largest absolute Gasteiger partial charge is 0.417 e. The number of halogens is 4. The molecule has 0 atom stereocenters. The lowest BCUT2D eigenvalue weighted by Crippen LogP contribution is -2.30. The maximum absolute atomic E-state index is 13.0. The predicted octanol–water partition coefficient (Wildman–Crippen LogP) is 3.48. The zero-order valence-electron chi connectivity index (χ0n) is 17.1. The highest BCUT2D eigenvalue weighted by molar-refractivity contribution is 7.17.